The Morgan fingerprint density at radius 1 is 1.38 bits per heavy atom. The van der Waals surface area contributed by atoms with Crippen LogP contribution in [-0.4, -0.2) is 15.7 Å². The van der Waals surface area contributed by atoms with E-state index in [0.717, 1.165) is 6.07 Å². The lowest BCUT2D eigenvalue weighted by Crippen LogP contribution is -2.05. The maximum atomic E-state index is 12.2. The summed E-state index contributed by atoms with van der Waals surface area (Å²) < 4.78 is 0. The van der Waals surface area contributed by atoms with Crippen LogP contribution in [0.5, 0.6) is 0 Å². The molecule has 6 nitrogen and oxygen atoms in total. The third-order valence-corrected chi connectivity index (χ3v) is 3.09. The summed E-state index contributed by atoms with van der Waals surface area (Å²) in [7, 11) is 0. The summed E-state index contributed by atoms with van der Waals surface area (Å²) in [6.45, 7) is 0. The molecule has 21 heavy (non-hydrogen) atoms. The number of benzene rings is 1. The van der Waals surface area contributed by atoms with Crippen molar-refractivity contribution < 1.29 is 9.72 Å². The highest BCUT2D eigenvalue weighted by molar-refractivity contribution is 6.34. The van der Waals surface area contributed by atoms with Crippen molar-refractivity contribution in [3.8, 4) is 6.07 Å². The van der Waals surface area contributed by atoms with Crippen molar-refractivity contribution in [1.82, 2.24) is 4.98 Å². The van der Waals surface area contributed by atoms with Crippen LogP contribution < -0.4 is 0 Å². The zero-order valence-electron chi connectivity index (χ0n) is 10.6. The normalized spacial score (nSPS) is 9.90. The van der Waals surface area contributed by atoms with Gasteiger partial charge >= 0.3 is 0 Å². The smallest absolute Gasteiger partial charge is 0.270 e. The fraction of sp³-hybridized carbons (Fsp3) is 0.0714. The molecule has 1 aromatic heterocycles. The van der Waals surface area contributed by atoms with Gasteiger partial charge in [-0.2, -0.15) is 5.26 Å². The summed E-state index contributed by atoms with van der Waals surface area (Å²) in [6, 6.07) is 8.70. The molecule has 0 saturated heterocycles. The molecule has 0 N–H and O–H groups in total. The van der Waals surface area contributed by atoms with Crippen LogP contribution in [0, 0.1) is 21.4 Å². The number of carbonyl (C=O) groups is 1. The molecule has 0 spiro atoms. The summed E-state index contributed by atoms with van der Waals surface area (Å²) in [5.41, 5.74) is 0.747. The Labute approximate surface area is 124 Å². The van der Waals surface area contributed by atoms with E-state index in [4.69, 9.17) is 16.9 Å². The Balaban J connectivity index is 2.25. The molecule has 0 saturated carbocycles. The average molecular weight is 302 g/mol. The fourth-order valence-electron chi connectivity index (χ4n) is 1.72. The minimum absolute atomic E-state index is 0.000401. The topological polar surface area (TPSA) is 96.9 Å². The van der Waals surface area contributed by atoms with Crippen LogP contribution in [0.1, 0.15) is 21.6 Å². The third-order valence-electron chi connectivity index (χ3n) is 2.77. The molecule has 0 radical (unpaired) electrons. The molecule has 0 aliphatic carbocycles. The number of Topliss-reactive ketones (excluding diaryl/α,β-unsaturated/α-hetero) is 1. The highest BCUT2D eigenvalue weighted by Crippen LogP contribution is 2.23. The molecule has 2 aromatic rings. The number of rotatable bonds is 4. The standard InChI is InChI=1S/C14H8ClN3O3/c15-13-4-3-11(18(20)21)6-12(13)14(19)5-9-1-2-10(7-16)17-8-9/h1-4,6,8H,5H2. The van der Waals surface area contributed by atoms with Gasteiger partial charge in [-0.1, -0.05) is 17.7 Å². The molecule has 0 bridgehead atoms. The molecule has 0 unspecified atom stereocenters. The van der Waals surface area contributed by atoms with E-state index in [1.165, 1.54) is 24.4 Å². The summed E-state index contributed by atoms with van der Waals surface area (Å²) >= 11 is 5.91. The number of ketones is 1. The lowest BCUT2D eigenvalue weighted by molar-refractivity contribution is -0.384. The second-order valence-electron chi connectivity index (χ2n) is 4.18. The molecule has 0 aliphatic rings. The van der Waals surface area contributed by atoms with Crippen LogP contribution in [0.15, 0.2) is 36.5 Å². The second kappa shape index (κ2) is 6.11. The SMILES string of the molecule is N#Cc1ccc(CC(=O)c2cc([N+](=O)[O-])ccc2Cl)cn1. The van der Waals surface area contributed by atoms with Crippen LogP contribution >= 0.6 is 11.6 Å². The zero-order chi connectivity index (χ0) is 15.4. The Kier molecular flexibility index (Phi) is 4.26. The monoisotopic (exact) mass is 301 g/mol. The van der Waals surface area contributed by atoms with Crippen molar-refractivity contribution in [1.29, 1.82) is 5.26 Å². The second-order valence-corrected chi connectivity index (χ2v) is 4.59. The van der Waals surface area contributed by atoms with Crippen LogP contribution in [0.2, 0.25) is 5.02 Å². The zero-order valence-corrected chi connectivity index (χ0v) is 11.4. The Morgan fingerprint density at radius 2 is 2.14 bits per heavy atom. The van der Waals surface area contributed by atoms with Gasteiger partial charge in [0.25, 0.3) is 5.69 Å². The first-order chi connectivity index (χ1) is 10.0. The predicted octanol–water partition coefficient (Wildman–Crippen LogP) is 2.94. The maximum Gasteiger partial charge on any atom is 0.270 e. The molecule has 7 heteroatoms. The largest absolute Gasteiger partial charge is 0.294 e. The fourth-order valence-corrected chi connectivity index (χ4v) is 1.94. The van der Waals surface area contributed by atoms with Gasteiger partial charge in [0, 0.05) is 30.3 Å². The van der Waals surface area contributed by atoms with E-state index in [2.05, 4.69) is 4.98 Å². The molecule has 1 aromatic carbocycles. The lowest BCUT2D eigenvalue weighted by atomic mass is 10.0. The van der Waals surface area contributed by atoms with Crippen LogP contribution in [-0.2, 0) is 6.42 Å². The van der Waals surface area contributed by atoms with Gasteiger partial charge in [0.05, 0.1) is 9.95 Å². The molecule has 0 fully saturated rings. The highest BCUT2D eigenvalue weighted by atomic mass is 35.5. The quantitative estimate of drug-likeness (QED) is 0.491. The summed E-state index contributed by atoms with van der Waals surface area (Å²) in [4.78, 5) is 26.2. The van der Waals surface area contributed by atoms with Crippen LogP contribution in [0.3, 0.4) is 0 Å². The highest BCUT2D eigenvalue weighted by Gasteiger charge is 2.16. The Bertz CT molecular complexity index is 751. The molecule has 104 valence electrons. The van der Waals surface area contributed by atoms with E-state index < -0.39 is 4.92 Å². The number of nitro groups is 1. The molecular formula is C14H8ClN3O3. The van der Waals surface area contributed by atoms with Crippen molar-refractivity contribution in [2.24, 2.45) is 0 Å². The average Bonchev–Trinajstić information content (AvgIpc) is 2.48. The van der Waals surface area contributed by atoms with Crippen molar-refractivity contribution in [3.05, 3.63) is 68.5 Å². The van der Waals surface area contributed by atoms with Gasteiger partial charge in [-0.05, 0) is 17.7 Å². The first kappa shape index (κ1) is 14.6. The van der Waals surface area contributed by atoms with Crippen molar-refractivity contribution in [3.63, 3.8) is 0 Å². The molecule has 1 heterocycles. The van der Waals surface area contributed by atoms with Crippen LogP contribution in [0.25, 0.3) is 0 Å². The molecule has 0 atom stereocenters. The van der Waals surface area contributed by atoms with E-state index in [1.807, 2.05) is 6.07 Å². The van der Waals surface area contributed by atoms with Gasteiger partial charge in [-0.25, -0.2) is 4.98 Å². The summed E-state index contributed by atoms with van der Waals surface area (Å²) in [6.07, 6.45) is 1.42. The van der Waals surface area contributed by atoms with Gasteiger partial charge in [0.15, 0.2) is 5.78 Å². The molecule has 2 rings (SSSR count). The Morgan fingerprint density at radius 3 is 2.71 bits per heavy atom. The molecule has 0 aliphatic heterocycles. The van der Waals surface area contributed by atoms with Crippen LogP contribution in [0.4, 0.5) is 5.69 Å². The minimum Gasteiger partial charge on any atom is -0.294 e. The van der Waals surface area contributed by atoms with Gasteiger partial charge < -0.3 is 0 Å². The van der Waals surface area contributed by atoms with Gasteiger partial charge in [-0.15, -0.1) is 0 Å². The molecular weight excluding hydrogens is 294 g/mol. The van der Waals surface area contributed by atoms with E-state index in [0.29, 0.717) is 5.56 Å². The van der Waals surface area contributed by atoms with Gasteiger partial charge in [0.2, 0.25) is 0 Å². The first-order valence-corrected chi connectivity index (χ1v) is 6.21. The maximum absolute atomic E-state index is 12.2. The van der Waals surface area contributed by atoms with Crippen molar-refractivity contribution in [2.75, 3.05) is 0 Å². The van der Waals surface area contributed by atoms with E-state index in [1.54, 1.807) is 6.07 Å². The number of hydrogen-bond acceptors (Lipinski definition) is 5. The number of carbonyl (C=O) groups excluding carboxylic acids is 1. The van der Waals surface area contributed by atoms with E-state index >= 15 is 0 Å². The number of halogens is 1. The van der Waals surface area contributed by atoms with Gasteiger partial charge in [-0.3, -0.25) is 14.9 Å². The number of aromatic nitrogens is 1. The number of nitrogens with zero attached hydrogens (tertiary/aromatic N) is 3. The lowest BCUT2D eigenvalue weighted by Gasteiger charge is -2.04. The number of pyridine rings is 1. The molecule has 0 amide bonds. The number of nitriles is 1. The van der Waals surface area contributed by atoms with E-state index in [-0.39, 0.29) is 34.2 Å². The third kappa shape index (κ3) is 3.41. The predicted molar refractivity (Wildman–Crippen MR) is 75.1 cm³/mol. The number of nitro benzene ring substituents is 1. The minimum atomic E-state index is -0.587. The number of hydrogen-bond donors (Lipinski definition) is 0. The summed E-state index contributed by atoms with van der Waals surface area (Å²) in [5, 5.41) is 19.5. The van der Waals surface area contributed by atoms with Gasteiger partial charge in [0.1, 0.15) is 11.8 Å². The first-order valence-electron chi connectivity index (χ1n) is 5.83. The van der Waals surface area contributed by atoms with Crippen molar-refractivity contribution >= 4 is 23.1 Å². The summed E-state index contributed by atoms with van der Waals surface area (Å²) in [5.74, 6) is -0.352. The van der Waals surface area contributed by atoms with Crippen molar-refractivity contribution in [2.45, 2.75) is 6.42 Å². The number of non-ortho nitro benzene ring substituents is 1. The van der Waals surface area contributed by atoms with E-state index in [9.17, 15) is 14.9 Å². The Hall–Kier alpha value is -2.78.